The second-order valence-corrected chi connectivity index (χ2v) is 3.20. The molecule has 1 nitrogen and oxygen atoms in total. The Labute approximate surface area is 98.7 Å². The first-order chi connectivity index (χ1) is 6.36. The molecule has 0 spiro atoms. The van der Waals surface area contributed by atoms with Gasteiger partial charge in [0.2, 0.25) is 5.69 Å². The van der Waals surface area contributed by atoms with Crippen LogP contribution in [0.15, 0.2) is 54.9 Å². The van der Waals surface area contributed by atoms with Gasteiger partial charge in [-0.15, -0.1) is 0 Å². The Kier molecular flexibility index (Phi) is 4.11. The zero-order valence-corrected chi connectivity index (χ0v) is 9.74. The predicted octanol–water partition coefficient (Wildman–Crippen LogP) is -0.379. The number of rotatable bonds is 1. The normalized spacial score (nSPS) is 9.21. The summed E-state index contributed by atoms with van der Waals surface area (Å²) in [6.45, 7) is 0. The molecule has 0 aliphatic carbocycles. The molecule has 0 aliphatic rings. The van der Waals surface area contributed by atoms with Gasteiger partial charge in [-0.2, -0.15) is 4.57 Å². The molecule has 2 rings (SSSR count). The SMILES string of the molecule is Clc1ccc(-[n+]2ccccc2)cc1.[Br-]. The molecular formula is C11H9BrClN. The van der Waals surface area contributed by atoms with Gasteiger partial charge in [0.15, 0.2) is 12.4 Å². The lowest BCUT2D eigenvalue weighted by Crippen LogP contribution is -3.00. The van der Waals surface area contributed by atoms with Crippen molar-refractivity contribution >= 4 is 11.6 Å². The number of pyridine rings is 1. The molecule has 0 unspecified atom stereocenters. The maximum absolute atomic E-state index is 5.79. The van der Waals surface area contributed by atoms with E-state index in [1.807, 2.05) is 59.4 Å². The molecule has 0 amide bonds. The first kappa shape index (κ1) is 11.2. The molecule has 0 bridgehead atoms. The van der Waals surface area contributed by atoms with Gasteiger partial charge >= 0.3 is 0 Å². The molecule has 0 radical (unpaired) electrons. The van der Waals surface area contributed by atoms with Gasteiger partial charge in [0.25, 0.3) is 0 Å². The van der Waals surface area contributed by atoms with Gasteiger partial charge in [0, 0.05) is 29.3 Å². The van der Waals surface area contributed by atoms with Crippen molar-refractivity contribution in [2.45, 2.75) is 0 Å². The lowest BCUT2D eigenvalue weighted by atomic mass is 10.3. The Balaban J connectivity index is 0.000000980. The third-order valence-electron chi connectivity index (χ3n) is 1.84. The summed E-state index contributed by atoms with van der Waals surface area (Å²) in [5.74, 6) is 0. The molecule has 2 aromatic rings. The second-order valence-electron chi connectivity index (χ2n) is 2.76. The molecule has 3 heteroatoms. The highest BCUT2D eigenvalue weighted by Crippen LogP contribution is 2.08. The van der Waals surface area contributed by atoms with Gasteiger partial charge < -0.3 is 17.0 Å². The highest BCUT2D eigenvalue weighted by molar-refractivity contribution is 6.30. The predicted molar refractivity (Wildman–Crippen MR) is 53.0 cm³/mol. The number of halogens is 2. The largest absolute Gasteiger partial charge is 1.00 e. The van der Waals surface area contributed by atoms with Crippen LogP contribution < -0.4 is 21.5 Å². The van der Waals surface area contributed by atoms with E-state index >= 15 is 0 Å². The molecule has 0 aliphatic heterocycles. The molecule has 0 fully saturated rings. The molecule has 1 aromatic carbocycles. The molecule has 0 N–H and O–H groups in total. The number of nitrogens with zero attached hydrogens (tertiary/aromatic N) is 1. The molecule has 0 saturated carbocycles. The van der Waals surface area contributed by atoms with Crippen LogP contribution in [0.25, 0.3) is 5.69 Å². The van der Waals surface area contributed by atoms with Crippen molar-refractivity contribution < 1.29 is 21.5 Å². The molecule has 0 atom stereocenters. The Morgan fingerprint density at radius 1 is 0.857 bits per heavy atom. The quantitative estimate of drug-likeness (QED) is 0.622. The lowest BCUT2D eigenvalue weighted by molar-refractivity contribution is -0.595. The summed E-state index contributed by atoms with van der Waals surface area (Å²) in [6.07, 6.45) is 4.01. The summed E-state index contributed by atoms with van der Waals surface area (Å²) in [4.78, 5) is 0. The van der Waals surface area contributed by atoms with Crippen LogP contribution in [0, 0.1) is 0 Å². The van der Waals surface area contributed by atoms with E-state index in [4.69, 9.17) is 11.6 Å². The maximum Gasteiger partial charge on any atom is 0.210 e. The maximum atomic E-state index is 5.79. The average molecular weight is 271 g/mol. The number of benzene rings is 1. The third kappa shape index (κ3) is 2.56. The standard InChI is InChI=1S/C11H9ClN.BrH/c12-10-4-6-11(7-5-10)13-8-2-1-3-9-13;/h1-9H;1H/q+1;/p-1. The first-order valence-corrected chi connectivity index (χ1v) is 4.46. The van der Waals surface area contributed by atoms with Crippen LogP contribution in [0.1, 0.15) is 0 Å². The van der Waals surface area contributed by atoms with E-state index in [1.54, 1.807) is 0 Å². The highest BCUT2D eigenvalue weighted by Gasteiger charge is 2.01. The zero-order valence-electron chi connectivity index (χ0n) is 7.40. The summed E-state index contributed by atoms with van der Waals surface area (Å²) in [6, 6.07) is 13.7. The van der Waals surface area contributed by atoms with Crippen LogP contribution in [0.5, 0.6) is 0 Å². The van der Waals surface area contributed by atoms with Crippen LogP contribution >= 0.6 is 11.6 Å². The van der Waals surface area contributed by atoms with Crippen molar-refractivity contribution in [2.24, 2.45) is 0 Å². The molecular weight excluding hydrogens is 261 g/mol. The van der Waals surface area contributed by atoms with Gasteiger partial charge in [-0.05, 0) is 12.1 Å². The van der Waals surface area contributed by atoms with Crippen molar-refractivity contribution in [3.63, 3.8) is 0 Å². The number of aromatic nitrogens is 1. The van der Waals surface area contributed by atoms with E-state index in [-0.39, 0.29) is 17.0 Å². The summed E-state index contributed by atoms with van der Waals surface area (Å²) in [7, 11) is 0. The van der Waals surface area contributed by atoms with Crippen LogP contribution in [0.4, 0.5) is 0 Å². The van der Waals surface area contributed by atoms with Crippen LogP contribution in [-0.2, 0) is 0 Å². The van der Waals surface area contributed by atoms with Crippen molar-refractivity contribution in [1.82, 2.24) is 0 Å². The van der Waals surface area contributed by atoms with Gasteiger partial charge in [-0.3, -0.25) is 0 Å². The summed E-state index contributed by atoms with van der Waals surface area (Å²) < 4.78 is 2.04. The van der Waals surface area contributed by atoms with Crippen molar-refractivity contribution in [2.75, 3.05) is 0 Å². The van der Waals surface area contributed by atoms with Crippen molar-refractivity contribution in [1.29, 1.82) is 0 Å². The Morgan fingerprint density at radius 2 is 1.43 bits per heavy atom. The van der Waals surface area contributed by atoms with E-state index in [0.717, 1.165) is 10.7 Å². The first-order valence-electron chi connectivity index (χ1n) is 4.08. The molecule has 72 valence electrons. The summed E-state index contributed by atoms with van der Waals surface area (Å²) in [5, 5.41) is 0.764. The van der Waals surface area contributed by atoms with Crippen molar-refractivity contribution in [3.8, 4) is 5.69 Å². The Bertz CT molecular complexity index is 386. The van der Waals surface area contributed by atoms with E-state index < -0.39 is 0 Å². The van der Waals surface area contributed by atoms with Crippen molar-refractivity contribution in [3.05, 3.63) is 59.9 Å². The van der Waals surface area contributed by atoms with E-state index in [2.05, 4.69) is 0 Å². The van der Waals surface area contributed by atoms with Gasteiger partial charge in [0.1, 0.15) is 0 Å². The second kappa shape index (κ2) is 5.13. The fourth-order valence-corrected chi connectivity index (χ4v) is 1.31. The molecule has 1 heterocycles. The van der Waals surface area contributed by atoms with E-state index in [9.17, 15) is 0 Å². The molecule has 1 aromatic heterocycles. The molecule has 0 saturated heterocycles. The lowest BCUT2D eigenvalue weighted by Gasteiger charge is -1.93. The summed E-state index contributed by atoms with van der Waals surface area (Å²) >= 11 is 5.79. The van der Waals surface area contributed by atoms with Crippen LogP contribution in [-0.4, -0.2) is 0 Å². The minimum absolute atomic E-state index is 0. The van der Waals surface area contributed by atoms with E-state index in [0.29, 0.717) is 0 Å². The Hall–Kier alpha value is -0.860. The highest BCUT2D eigenvalue weighted by atomic mass is 79.9. The zero-order chi connectivity index (χ0) is 9.10. The smallest absolute Gasteiger partial charge is 0.210 e. The average Bonchev–Trinajstić information content (AvgIpc) is 2.20. The van der Waals surface area contributed by atoms with Crippen LogP contribution in [0.2, 0.25) is 5.02 Å². The number of hydrogen-bond donors (Lipinski definition) is 0. The minimum atomic E-state index is 0. The van der Waals surface area contributed by atoms with Gasteiger partial charge in [-0.1, -0.05) is 17.7 Å². The topological polar surface area (TPSA) is 3.88 Å². The van der Waals surface area contributed by atoms with Gasteiger partial charge in [-0.25, -0.2) is 0 Å². The fourth-order valence-electron chi connectivity index (χ4n) is 1.18. The fraction of sp³-hybridized carbons (Fsp3) is 0. The van der Waals surface area contributed by atoms with E-state index in [1.165, 1.54) is 0 Å². The Morgan fingerprint density at radius 3 is 2.00 bits per heavy atom. The molecule has 14 heavy (non-hydrogen) atoms. The third-order valence-corrected chi connectivity index (χ3v) is 2.09. The summed E-state index contributed by atoms with van der Waals surface area (Å²) in [5.41, 5.74) is 1.12. The van der Waals surface area contributed by atoms with Crippen LogP contribution in [0.3, 0.4) is 0 Å². The monoisotopic (exact) mass is 269 g/mol. The minimum Gasteiger partial charge on any atom is -1.00 e. The number of hydrogen-bond acceptors (Lipinski definition) is 0. The van der Waals surface area contributed by atoms with Gasteiger partial charge in [0.05, 0.1) is 0 Å².